The number of nitrogens with zero attached hydrogens (tertiary/aromatic N) is 3. The number of nitrogens with one attached hydrogen (secondary N) is 1. The fraction of sp³-hybridized carbons (Fsp3) is 0.615. The predicted molar refractivity (Wildman–Crippen MR) is 72.2 cm³/mol. The number of likely N-dealkylation sites (tertiary alicyclic amines) is 1. The number of hydrogen-bond donors (Lipinski definition) is 2. The summed E-state index contributed by atoms with van der Waals surface area (Å²) in [7, 11) is 0. The predicted octanol–water partition coefficient (Wildman–Crippen LogP) is 0.920. The van der Waals surface area contributed by atoms with Crippen LogP contribution in [0.1, 0.15) is 26.2 Å². The Morgan fingerprint density at radius 1 is 1.50 bits per heavy atom. The maximum Gasteiger partial charge on any atom is 0.326 e. The van der Waals surface area contributed by atoms with E-state index in [-0.39, 0.29) is 12.1 Å². The molecule has 7 heteroatoms. The average molecular weight is 280 g/mol. The third kappa shape index (κ3) is 3.49. The van der Waals surface area contributed by atoms with Gasteiger partial charge in [0.1, 0.15) is 6.04 Å². The summed E-state index contributed by atoms with van der Waals surface area (Å²) in [6, 6.07) is -1.10. The molecular weight excluding hydrogens is 260 g/mol. The molecule has 0 radical (unpaired) electrons. The number of imidazole rings is 1. The first-order valence-corrected chi connectivity index (χ1v) is 6.83. The maximum atomic E-state index is 12.2. The lowest BCUT2D eigenvalue weighted by atomic mass is 10.0. The highest BCUT2D eigenvalue weighted by molar-refractivity contribution is 5.83. The van der Waals surface area contributed by atoms with E-state index in [9.17, 15) is 9.59 Å². The summed E-state index contributed by atoms with van der Waals surface area (Å²) in [4.78, 5) is 28.7. The second-order valence-corrected chi connectivity index (χ2v) is 5.15. The number of carboxylic acids is 1. The maximum absolute atomic E-state index is 12.2. The molecule has 2 heterocycles. The molecule has 0 bridgehead atoms. The standard InChI is InChI=1S/C13H20N4O3/c1-10(8-16-7-5-14-9-16)15-13(20)17-6-3-2-4-11(17)12(18)19/h5,7,9-11H,2-4,6,8H2,1H3,(H,15,20)(H,18,19). The third-order valence-electron chi connectivity index (χ3n) is 3.46. The zero-order valence-corrected chi connectivity index (χ0v) is 11.5. The second kappa shape index (κ2) is 6.40. The Bertz CT molecular complexity index is 460. The lowest BCUT2D eigenvalue weighted by Gasteiger charge is -2.33. The highest BCUT2D eigenvalue weighted by Gasteiger charge is 2.32. The number of amides is 2. The molecule has 0 spiro atoms. The van der Waals surface area contributed by atoms with Gasteiger partial charge < -0.3 is 19.9 Å². The minimum Gasteiger partial charge on any atom is -0.480 e. The first-order chi connectivity index (χ1) is 9.58. The molecule has 0 aliphatic carbocycles. The molecule has 0 saturated carbocycles. The van der Waals surface area contributed by atoms with Crippen molar-refractivity contribution in [1.29, 1.82) is 0 Å². The summed E-state index contributed by atoms with van der Waals surface area (Å²) >= 11 is 0. The van der Waals surface area contributed by atoms with Gasteiger partial charge in [0.15, 0.2) is 0 Å². The Morgan fingerprint density at radius 3 is 2.95 bits per heavy atom. The highest BCUT2D eigenvalue weighted by atomic mass is 16.4. The van der Waals surface area contributed by atoms with E-state index in [0.717, 1.165) is 12.8 Å². The molecule has 1 aromatic heterocycles. The molecule has 20 heavy (non-hydrogen) atoms. The van der Waals surface area contributed by atoms with Crippen molar-refractivity contribution in [3.63, 3.8) is 0 Å². The van der Waals surface area contributed by atoms with Crippen molar-refractivity contribution in [3.05, 3.63) is 18.7 Å². The SMILES string of the molecule is CC(Cn1ccnc1)NC(=O)N1CCCCC1C(=O)O. The van der Waals surface area contributed by atoms with E-state index in [4.69, 9.17) is 5.11 Å². The first kappa shape index (κ1) is 14.4. The molecule has 2 atom stereocenters. The van der Waals surface area contributed by atoms with Gasteiger partial charge in [0.05, 0.1) is 6.33 Å². The van der Waals surface area contributed by atoms with Crippen molar-refractivity contribution in [2.45, 2.75) is 44.8 Å². The van der Waals surface area contributed by atoms with Crippen LogP contribution in [0.2, 0.25) is 0 Å². The average Bonchev–Trinajstić information content (AvgIpc) is 2.91. The smallest absolute Gasteiger partial charge is 0.326 e. The fourth-order valence-electron chi connectivity index (χ4n) is 2.48. The van der Waals surface area contributed by atoms with Gasteiger partial charge in [0, 0.05) is 31.5 Å². The molecule has 1 aliphatic heterocycles. The number of aliphatic carboxylic acids is 1. The van der Waals surface area contributed by atoms with Crippen molar-refractivity contribution < 1.29 is 14.7 Å². The Hall–Kier alpha value is -2.05. The summed E-state index contributed by atoms with van der Waals surface area (Å²) in [5.74, 6) is -0.929. The molecular formula is C13H20N4O3. The summed E-state index contributed by atoms with van der Waals surface area (Å²) in [5, 5.41) is 12.0. The minimum absolute atomic E-state index is 0.0897. The van der Waals surface area contributed by atoms with E-state index in [1.54, 1.807) is 12.5 Å². The Labute approximate surface area is 117 Å². The van der Waals surface area contributed by atoms with E-state index in [1.807, 2.05) is 17.7 Å². The van der Waals surface area contributed by atoms with Gasteiger partial charge in [-0.25, -0.2) is 14.6 Å². The van der Waals surface area contributed by atoms with E-state index in [0.29, 0.717) is 19.5 Å². The van der Waals surface area contributed by atoms with Gasteiger partial charge in [-0.15, -0.1) is 0 Å². The number of rotatable bonds is 4. The van der Waals surface area contributed by atoms with Crippen molar-refractivity contribution >= 4 is 12.0 Å². The van der Waals surface area contributed by atoms with Gasteiger partial charge in [0.25, 0.3) is 0 Å². The van der Waals surface area contributed by atoms with Crippen LogP contribution in [0.25, 0.3) is 0 Å². The molecule has 2 unspecified atom stereocenters. The van der Waals surface area contributed by atoms with Gasteiger partial charge in [-0.3, -0.25) is 0 Å². The number of piperidine rings is 1. The second-order valence-electron chi connectivity index (χ2n) is 5.15. The minimum atomic E-state index is -0.929. The molecule has 1 saturated heterocycles. The molecule has 1 fully saturated rings. The molecule has 7 nitrogen and oxygen atoms in total. The number of aromatic nitrogens is 2. The summed E-state index contributed by atoms with van der Waals surface area (Å²) in [5.41, 5.74) is 0. The lowest BCUT2D eigenvalue weighted by Crippen LogP contribution is -2.53. The zero-order valence-electron chi connectivity index (χ0n) is 11.5. The molecule has 2 N–H and O–H groups in total. The van der Waals surface area contributed by atoms with Crippen LogP contribution in [-0.4, -0.2) is 50.2 Å². The number of carbonyl (C=O) groups excluding carboxylic acids is 1. The summed E-state index contributed by atoms with van der Waals surface area (Å²) in [6.45, 7) is 3.00. The van der Waals surface area contributed by atoms with Crippen molar-refractivity contribution in [3.8, 4) is 0 Å². The molecule has 2 amide bonds. The van der Waals surface area contributed by atoms with Gasteiger partial charge in [-0.1, -0.05) is 0 Å². The molecule has 1 aromatic rings. The van der Waals surface area contributed by atoms with Crippen LogP contribution in [0.15, 0.2) is 18.7 Å². The zero-order chi connectivity index (χ0) is 14.5. The number of carbonyl (C=O) groups is 2. The van der Waals surface area contributed by atoms with Crippen LogP contribution in [0.5, 0.6) is 0 Å². The third-order valence-corrected chi connectivity index (χ3v) is 3.46. The summed E-state index contributed by atoms with van der Waals surface area (Å²) < 4.78 is 1.87. The number of urea groups is 1. The quantitative estimate of drug-likeness (QED) is 0.858. The Balaban J connectivity index is 1.90. The first-order valence-electron chi connectivity index (χ1n) is 6.83. The van der Waals surface area contributed by atoms with E-state index in [1.165, 1.54) is 4.90 Å². The Morgan fingerprint density at radius 2 is 2.30 bits per heavy atom. The van der Waals surface area contributed by atoms with Crippen LogP contribution in [0.4, 0.5) is 4.79 Å². The Kier molecular flexibility index (Phi) is 4.60. The molecule has 1 aliphatic rings. The van der Waals surface area contributed by atoms with Gasteiger partial charge >= 0.3 is 12.0 Å². The van der Waals surface area contributed by atoms with Crippen molar-refractivity contribution in [2.75, 3.05) is 6.54 Å². The van der Waals surface area contributed by atoms with E-state index in [2.05, 4.69) is 10.3 Å². The fourth-order valence-corrected chi connectivity index (χ4v) is 2.48. The molecule has 2 rings (SSSR count). The van der Waals surface area contributed by atoms with Crippen molar-refractivity contribution in [1.82, 2.24) is 19.8 Å². The normalized spacial score (nSPS) is 20.4. The topological polar surface area (TPSA) is 87.5 Å². The lowest BCUT2D eigenvalue weighted by molar-refractivity contribution is -0.143. The van der Waals surface area contributed by atoms with Crippen LogP contribution in [0, 0.1) is 0 Å². The molecule has 0 aromatic carbocycles. The van der Waals surface area contributed by atoms with Crippen molar-refractivity contribution in [2.24, 2.45) is 0 Å². The molecule has 110 valence electrons. The summed E-state index contributed by atoms with van der Waals surface area (Å²) in [6.07, 6.45) is 7.42. The van der Waals surface area contributed by atoms with Crippen LogP contribution >= 0.6 is 0 Å². The number of hydrogen-bond acceptors (Lipinski definition) is 3. The van der Waals surface area contributed by atoms with E-state index < -0.39 is 12.0 Å². The number of carboxylic acid groups (broad SMARTS) is 1. The largest absolute Gasteiger partial charge is 0.480 e. The highest BCUT2D eigenvalue weighted by Crippen LogP contribution is 2.17. The van der Waals surface area contributed by atoms with Crippen LogP contribution in [-0.2, 0) is 11.3 Å². The van der Waals surface area contributed by atoms with Crippen LogP contribution < -0.4 is 5.32 Å². The van der Waals surface area contributed by atoms with E-state index >= 15 is 0 Å². The van der Waals surface area contributed by atoms with Gasteiger partial charge in [-0.05, 0) is 26.2 Å². The monoisotopic (exact) mass is 280 g/mol. The van der Waals surface area contributed by atoms with Gasteiger partial charge in [-0.2, -0.15) is 0 Å². The van der Waals surface area contributed by atoms with Crippen LogP contribution in [0.3, 0.4) is 0 Å². The van der Waals surface area contributed by atoms with Gasteiger partial charge in [0.2, 0.25) is 0 Å².